The second-order valence-corrected chi connectivity index (χ2v) is 6.71. The molecule has 1 saturated carbocycles. The van der Waals surface area contributed by atoms with E-state index in [9.17, 15) is 4.79 Å². The van der Waals surface area contributed by atoms with Crippen molar-refractivity contribution in [3.05, 3.63) is 52.3 Å². The Morgan fingerprint density at radius 1 is 1.29 bits per heavy atom. The average molecular weight is 365 g/mol. The van der Waals surface area contributed by atoms with Gasteiger partial charge in [-0.25, -0.2) is 4.98 Å². The molecule has 3 rings (SSSR count). The Labute approximate surface area is 151 Å². The van der Waals surface area contributed by atoms with Crippen LogP contribution in [0.25, 0.3) is 0 Å². The van der Waals surface area contributed by atoms with Crippen LogP contribution in [0.3, 0.4) is 0 Å². The van der Waals surface area contributed by atoms with Crippen LogP contribution in [-0.2, 0) is 0 Å². The maximum atomic E-state index is 13.1. The van der Waals surface area contributed by atoms with Crippen molar-refractivity contribution in [1.82, 2.24) is 4.98 Å². The van der Waals surface area contributed by atoms with Crippen LogP contribution >= 0.6 is 23.2 Å². The van der Waals surface area contributed by atoms with E-state index in [0.29, 0.717) is 11.5 Å². The molecule has 126 valence electrons. The van der Waals surface area contributed by atoms with E-state index in [1.54, 1.807) is 18.1 Å². The second-order valence-electron chi connectivity index (χ2n) is 5.95. The number of carbonyl (C=O) groups excluding carboxylic acids is 1. The van der Waals surface area contributed by atoms with Crippen molar-refractivity contribution in [2.24, 2.45) is 5.92 Å². The van der Waals surface area contributed by atoms with Gasteiger partial charge < -0.3 is 9.64 Å². The number of anilines is 1. The lowest BCUT2D eigenvalue weighted by molar-refractivity contribution is 0.0975. The predicted molar refractivity (Wildman–Crippen MR) is 96.2 cm³/mol. The zero-order valence-corrected chi connectivity index (χ0v) is 15.0. The normalized spacial score (nSPS) is 15.0. The molecular weight excluding hydrogens is 347 g/mol. The van der Waals surface area contributed by atoms with E-state index in [2.05, 4.69) is 11.9 Å². The summed E-state index contributed by atoms with van der Waals surface area (Å²) < 4.78 is 5.20. The van der Waals surface area contributed by atoms with Gasteiger partial charge in [0.2, 0.25) is 0 Å². The molecule has 2 aromatic rings. The van der Waals surface area contributed by atoms with Gasteiger partial charge in [0.25, 0.3) is 5.91 Å². The molecule has 1 amide bonds. The maximum Gasteiger partial charge on any atom is 0.260 e. The van der Waals surface area contributed by atoms with Gasteiger partial charge in [0.1, 0.15) is 10.9 Å². The fraction of sp³-hybridized carbons (Fsp3) is 0.333. The van der Waals surface area contributed by atoms with Gasteiger partial charge in [-0.3, -0.25) is 4.79 Å². The van der Waals surface area contributed by atoms with Gasteiger partial charge in [0, 0.05) is 17.9 Å². The molecule has 0 bridgehead atoms. The number of pyridine rings is 1. The third-order valence-corrected chi connectivity index (χ3v) is 5.01. The predicted octanol–water partition coefficient (Wildman–Crippen LogP) is 4.84. The number of hydrogen-bond acceptors (Lipinski definition) is 3. The molecule has 6 heteroatoms. The number of hydrogen-bond donors (Lipinski definition) is 0. The first-order valence-electron chi connectivity index (χ1n) is 7.80. The highest BCUT2D eigenvalue weighted by Crippen LogP contribution is 2.38. The van der Waals surface area contributed by atoms with E-state index in [0.717, 1.165) is 24.3 Å². The molecule has 0 spiro atoms. The quantitative estimate of drug-likeness (QED) is 0.712. The van der Waals surface area contributed by atoms with Crippen LogP contribution in [-0.4, -0.2) is 24.0 Å². The second kappa shape index (κ2) is 6.99. The van der Waals surface area contributed by atoms with Gasteiger partial charge >= 0.3 is 0 Å². The minimum absolute atomic E-state index is 0.0975. The fourth-order valence-electron chi connectivity index (χ4n) is 2.75. The lowest BCUT2D eigenvalue weighted by atomic mass is 10.1. The summed E-state index contributed by atoms with van der Waals surface area (Å²) in [5.74, 6) is 1.14. The Morgan fingerprint density at radius 3 is 2.50 bits per heavy atom. The highest BCUT2D eigenvalue weighted by Gasteiger charge is 2.35. The lowest BCUT2D eigenvalue weighted by Crippen LogP contribution is -2.40. The summed E-state index contributed by atoms with van der Waals surface area (Å²) >= 11 is 11.9. The summed E-state index contributed by atoms with van der Waals surface area (Å²) in [7, 11) is 1.62. The summed E-state index contributed by atoms with van der Waals surface area (Å²) in [4.78, 5) is 18.9. The van der Waals surface area contributed by atoms with Crippen molar-refractivity contribution < 1.29 is 9.53 Å². The number of nitrogens with zero attached hydrogens (tertiary/aromatic N) is 2. The summed E-state index contributed by atoms with van der Waals surface area (Å²) in [5, 5.41) is 0.468. The molecule has 0 radical (unpaired) electrons. The van der Waals surface area contributed by atoms with E-state index in [1.807, 2.05) is 24.3 Å². The fourth-order valence-corrected chi connectivity index (χ4v) is 3.02. The minimum atomic E-state index is -0.134. The topological polar surface area (TPSA) is 42.4 Å². The zero-order chi connectivity index (χ0) is 17.3. The number of aromatic nitrogens is 1. The van der Waals surface area contributed by atoms with Gasteiger partial charge in [-0.15, -0.1) is 0 Å². The van der Waals surface area contributed by atoms with E-state index in [1.165, 1.54) is 6.20 Å². The standard InChI is InChI=1S/C18H18Cl2N2O2/c1-11(12-3-4-12)22(14-5-7-15(24-2)8-6-14)18(23)13-9-16(19)17(20)21-10-13/h5-12H,3-4H2,1-2H3. The molecule has 0 aliphatic heterocycles. The average Bonchev–Trinajstić information content (AvgIpc) is 3.43. The molecule has 1 fully saturated rings. The maximum absolute atomic E-state index is 13.1. The molecule has 1 aliphatic rings. The van der Waals surface area contributed by atoms with Crippen molar-refractivity contribution in [1.29, 1.82) is 0 Å². The molecule has 24 heavy (non-hydrogen) atoms. The third kappa shape index (κ3) is 3.50. The number of benzene rings is 1. The molecule has 1 aromatic heterocycles. The Kier molecular flexibility index (Phi) is 4.97. The van der Waals surface area contributed by atoms with Crippen LogP contribution in [0.1, 0.15) is 30.1 Å². The van der Waals surface area contributed by atoms with Crippen LogP contribution in [0.4, 0.5) is 5.69 Å². The first kappa shape index (κ1) is 17.1. The monoisotopic (exact) mass is 364 g/mol. The van der Waals surface area contributed by atoms with Gasteiger partial charge in [-0.2, -0.15) is 0 Å². The number of carbonyl (C=O) groups is 1. The zero-order valence-electron chi connectivity index (χ0n) is 13.5. The minimum Gasteiger partial charge on any atom is -0.497 e. The Bertz CT molecular complexity index is 745. The van der Waals surface area contributed by atoms with Crippen LogP contribution < -0.4 is 9.64 Å². The van der Waals surface area contributed by atoms with Crippen molar-refractivity contribution in [3.63, 3.8) is 0 Å². The van der Waals surface area contributed by atoms with Gasteiger partial charge in [-0.1, -0.05) is 23.2 Å². The first-order chi connectivity index (χ1) is 11.5. The molecular formula is C18H18Cl2N2O2. The number of amides is 1. The van der Waals surface area contributed by atoms with E-state index in [4.69, 9.17) is 27.9 Å². The summed E-state index contributed by atoms with van der Waals surface area (Å²) in [6, 6.07) is 9.14. The summed E-state index contributed by atoms with van der Waals surface area (Å²) in [6.07, 6.45) is 3.74. The van der Waals surface area contributed by atoms with Crippen molar-refractivity contribution >= 4 is 34.8 Å². The van der Waals surface area contributed by atoms with E-state index >= 15 is 0 Å². The number of ether oxygens (including phenoxy) is 1. The van der Waals surface area contributed by atoms with Crippen LogP contribution in [0.15, 0.2) is 36.5 Å². The molecule has 0 N–H and O–H groups in total. The van der Waals surface area contributed by atoms with Crippen LogP contribution in [0.5, 0.6) is 5.75 Å². The first-order valence-corrected chi connectivity index (χ1v) is 8.55. The number of halogens is 2. The van der Waals surface area contributed by atoms with Gasteiger partial charge in [0.05, 0.1) is 17.7 Å². The summed E-state index contributed by atoms with van der Waals surface area (Å²) in [5.41, 5.74) is 1.25. The smallest absolute Gasteiger partial charge is 0.260 e. The van der Waals surface area contributed by atoms with Crippen LogP contribution in [0, 0.1) is 5.92 Å². The van der Waals surface area contributed by atoms with Crippen molar-refractivity contribution in [3.8, 4) is 5.75 Å². The Hall–Kier alpha value is -1.78. The molecule has 1 unspecified atom stereocenters. The SMILES string of the molecule is COc1ccc(N(C(=O)c2cnc(Cl)c(Cl)c2)C(C)C2CC2)cc1. The largest absolute Gasteiger partial charge is 0.497 e. The van der Waals surface area contributed by atoms with Crippen molar-refractivity contribution in [2.45, 2.75) is 25.8 Å². The number of rotatable bonds is 5. The highest BCUT2D eigenvalue weighted by atomic mass is 35.5. The molecule has 1 atom stereocenters. The summed E-state index contributed by atoms with van der Waals surface area (Å²) in [6.45, 7) is 2.07. The van der Waals surface area contributed by atoms with Crippen molar-refractivity contribution in [2.75, 3.05) is 12.0 Å². The molecule has 1 heterocycles. The molecule has 0 saturated heterocycles. The van der Waals surface area contributed by atoms with E-state index < -0.39 is 0 Å². The van der Waals surface area contributed by atoms with Gasteiger partial charge in [-0.05, 0) is 56.0 Å². The van der Waals surface area contributed by atoms with Gasteiger partial charge in [0.15, 0.2) is 0 Å². The highest BCUT2D eigenvalue weighted by molar-refractivity contribution is 6.41. The number of methoxy groups -OCH3 is 1. The lowest BCUT2D eigenvalue weighted by Gasteiger charge is -2.30. The Balaban J connectivity index is 1.96. The Morgan fingerprint density at radius 2 is 1.96 bits per heavy atom. The van der Waals surface area contributed by atoms with E-state index in [-0.39, 0.29) is 22.1 Å². The third-order valence-electron chi connectivity index (χ3n) is 4.32. The molecule has 1 aromatic carbocycles. The molecule has 1 aliphatic carbocycles. The van der Waals surface area contributed by atoms with Crippen LogP contribution in [0.2, 0.25) is 10.2 Å². The molecule has 4 nitrogen and oxygen atoms in total.